The zero-order valence-electron chi connectivity index (χ0n) is 13.3. The van der Waals surface area contributed by atoms with E-state index in [4.69, 9.17) is 0 Å². The quantitative estimate of drug-likeness (QED) is 0.927. The lowest BCUT2D eigenvalue weighted by atomic mass is 9.99. The Labute approximate surface area is 134 Å². The van der Waals surface area contributed by atoms with Gasteiger partial charge in [-0.25, -0.2) is 18.7 Å². The smallest absolute Gasteiger partial charge is 0.160 e. The number of nitrogens with zero attached hydrogens (tertiary/aromatic N) is 3. The van der Waals surface area contributed by atoms with Crippen molar-refractivity contribution in [2.45, 2.75) is 26.7 Å². The summed E-state index contributed by atoms with van der Waals surface area (Å²) in [6.07, 6.45) is 2.30. The predicted molar refractivity (Wildman–Crippen MR) is 87.0 cm³/mol. The van der Waals surface area contributed by atoms with Crippen LogP contribution in [-0.4, -0.2) is 23.1 Å². The summed E-state index contributed by atoms with van der Waals surface area (Å²) in [5.41, 5.74) is 0.459. The maximum atomic E-state index is 13.3. The first-order valence-corrected chi connectivity index (χ1v) is 7.84. The number of hydrogen-bond donors (Lipinski definition) is 1. The topological polar surface area (TPSA) is 41.1 Å². The van der Waals surface area contributed by atoms with Crippen LogP contribution in [0.25, 0.3) is 0 Å². The fourth-order valence-electron chi connectivity index (χ4n) is 2.74. The van der Waals surface area contributed by atoms with Crippen LogP contribution < -0.4 is 10.2 Å². The molecule has 23 heavy (non-hydrogen) atoms. The number of benzene rings is 1. The van der Waals surface area contributed by atoms with Gasteiger partial charge in [-0.1, -0.05) is 6.92 Å². The van der Waals surface area contributed by atoms with Gasteiger partial charge >= 0.3 is 0 Å². The van der Waals surface area contributed by atoms with Gasteiger partial charge in [-0.3, -0.25) is 0 Å². The second kappa shape index (κ2) is 6.48. The molecule has 122 valence electrons. The lowest BCUT2D eigenvalue weighted by Gasteiger charge is -2.31. The standard InChI is InChI=1S/C17H20F2N4/c1-11-5-7-23(8-6-11)17-10-16(20-12(2)21-17)22-13-3-4-14(18)15(19)9-13/h3-4,9-11H,5-8H2,1-2H3,(H,20,21,22). The molecule has 2 aromatic rings. The Balaban J connectivity index is 1.81. The van der Waals surface area contributed by atoms with E-state index < -0.39 is 11.6 Å². The lowest BCUT2D eigenvalue weighted by Crippen LogP contribution is -2.33. The minimum Gasteiger partial charge on any atom is -0.356 e. The van der Waals surface area contributed by atoms with Gasteiger partial charge in [0.25, 0.3) is 0 Å². The molecule has 1 N–H and O–H groups in total. The molecule has 0 atom stereocenters. The van der Waals surface area contributed by atoms with Crippen molar-refractivity contribution in [2.24, 2.45) is 5.92 Å². The number of piperidine rings is 1. The average Bonchev–Trinajstić information content (AvgIpc) is 2.51. The van der Waals surface area contributed by atoms with E-state index in [2.05, 4.69) is 27.1 Å². The van der Waals surface area contributed by atoms with Crippen molar-refractivity contribution in [1.29, 1.82) is 0 Å². The molecular weight excluding hydrogens is 298 g/mol. The van der Waals surface area contributed by atoms with E-state index >= 15 is 0 Å². The number of nitrogens with one attached hydrogen (secondary N) is 1. The van der Waals surface area contributed by atoms with Crippen LogP contribution in [0.3, 0.4) is 0 Å². The zero-order valence-corrected chi connectivity index (χ0v) is 13.3. The van der Waals surface area contributed by atoms with Gasteiger partial charge in [-0.2, -0.15) is 0 Å². The maximum absolute atomic E-state index is 13.3. The Morgan fingerprint density at radius 1 is 1.09 bits per heavy atom. The normalized spacial score (nSPS) is 15.7. The molecule has 0 spiro atoms. The van der Waals surface area contributed by atoms with Crippen LogP contribution >= 0.6 is 0 Å². The summed E-state index contributed by atoms with van der Waals surface area (Å²) in [5.74, 6) is 1.09. The van der Waals surface area contributed by atoms with Crippen molar-refractivity contribution < 1.29 is 8.78 Å². The third-order valence-corrected chi connectivity index (χ3v) is 4.12. The molecule has 1 fully saturated rings. The SMILES string of the molecule is Cc1nc(Nc2ccc(F)c(F)c2)cc(N2CCC(C)CC2)n1. The Morgan fingerprint density at radius 2 is 1.83 bits per heavy atom. The molecule has 6 heteroatoms. The molecule has 0 aliphatic carbocycles. The summed E-state index contributed by atoms with van der Waals surface area (Å²) in [7, 11) is 0. The van der Waals surface area contributed by atoms with Crippen LogP contribution in [0.15, 0.2) is 24.3 Å². The number of halogens is 2. The van der Waals surface area contributed by atoms with Crippen LogP contribution in [0.2, 0.25) is 0 Å². The van der Waals surface area contributed by atoms with Gasteiger partial charge in [-0.15, -0.1) is 0 Å². The first kappa shape index (κ1) is 15.6. The van der Waals surface area contributed by atoms with Crippen molar-refractivity contribution >= 4 is 17.3 Å². The molecule has 2 heterocycles. The number of hydrogen-bond acceptors (Lipinski definition) is 4. The van der Waals surface area contributed by atoms with E-state index in [1.807, 2.05) is 13.0 Å². The van der Waals surface area contributed by atoms with Crippen LogP contribution in [0.4, 0.5) is 26.1 Å². The lowest BCUT2D eigenvalue weighted by molar-refractivity contribution is 0.436. The summed E-state index contributed by atoms with van der Waals surface area (Å²) >= 11 is 0. The van der Waals surface area contributed by atoms with Gasteiger partial charge in [-0.05, 0) is 37.8 Å². The zero-order chi connectivity index (χ0) is 16.4. The van der Waals surface area contributed by atoms with E-state index in [0.29, 0.717) is 17.3 Å². The van der Waals surface area contributed by atoms with Crippen molar-refractivity contribution in [3.05, 3.63) is 41.7 Å². The van der Waals surface area contributed by atoms with Gasteiger partial charge in [0.05, 0.1) is 0 Å². The van der Waals surface area contributed by atoms with Gasteiger partial charge < -0.3 is 10.2 Å². The van der Waals surface area contributed by atoms with Gasteiger partial charge in [0.2, 0.25) is 0 Å². The number of rotatable bonds is 3. The molecule has 1 saturated heterocycles. The highest BCUT2D eigenvalue weighted by Gasteiger charge is 2.18. The summed E-state index contributed by atoms with van der Waals surface area (Å²) in [6, 6.07) is 5.55. The molecule has 0 amide bonds. The number of anilines is 3. The third-order valence-electron chi connectivity index (χ3n) is 4.12. The molecule has 1 aromatic carbocycles. The predicted octanol–water partition coefficient (Wildman–Crippen LogP) is 4.04. The molecule has 4 nitrogen and oxygen atoms in total. The summed E-state index contributed by atoms with van der Waals surface area (Å²) in [6.45, 7) is 6.04. The van der Waals surface area contributed by atoms with E-state index in [1.54, 1.807) is 0 Å². The largest absolute Gasteiger partial charge is 0.356 e. The molecule has 3 rings (SSSR count). The van der Waals surface area contributed by atoms with Crippen molar-refractivity contribution in [2.75, 3.05) is 23.3 Å². The van der Waals surface area contributed by atoms with Gasteiger partial charge in [0.1, 0.15) is 17.5 Å². The van der Waals surface area contributed by atoms with E-state index in [-0.39, 0.29) is 0 Å². The van der Waals surface area contributed by atoms with E-state index in [9.17, 15) is 8.78 Å². The van der Waals surface area contributed by atoms with Gasteiger partial charge in [0, 0.05) is 30.9 Å². The van der Waals surface area contributed by atoms with Crippen LogP contribution in [0, 0.1) is 24.5 Å². The molecule has 1 aliphatic rings. The Hall–Kier alpha value is -2.24. The molecule has 0 bridgehead atoms. The minimum atomic E-state index is -0.883. The Bertz CT molecular complexity index is 697. The molecule has 1 aromatic heterocycles. The summed E-state index contributed by atoms with van der Waals surface area (Å²) < 4.78 is 26.3. The second-order valence-electron chi connectivity index (χ2n) is 6.08. The monoisotopic (exact) mass is 318 g/mol. The number of aryl methyl sites for hydroxylation is 1. The molecule has 1 aliphatic heterocycles. The molecule has 0 unspecified atom stereocenters. The average molecular weight is 318 g/mol. The Kier molecular flexibility index (Phi) is 4.41. The Morgan fingerprint density at radius 3 is 2.52 bits per heavy atom. The molecule has 0 radical (unpaired) electrons. The van der Waals surface area contributed by atoms with Crippen LogP contribution in [-0.2, 0) is 0 Å². The highest BCUT2D eigenvalue weighted by atomic mass is 19.2. The third kappa shape index (κ3) is 3.75. The molecule has 0 saturated carbocycles. The van der Waals surface area contributed by atoms with Crippen LogP contribution in [0.1, 0.15) is 25.6 Å². The first-order valence-electron chi connectivity index (χ1n) is 7.84. The second-order valence-corrected chi connectivity index (χ2v) is 6.08. The van der Waals surface area contributed by atoms with Gasteiger partial charge in [0.15, 0.2) is 11.6 Å². The van der Waals surface area contributed by atoms with Crippen molar-refractivity contribution in [3.63, 3.8) is 0 Å². The summed E-state index contributed by atoms with van der Waals surface area (Å²) in [4.78, 5) is 11.1. The highest BCUT2D eigenvalue weighted by molar-refractivity contribution is 5.59. The molecular formula is C17H20F2N4. The number of aromatic nitrogens is 2. The van der Waals surface area contributed by atoms with Crippen LogP contribution in [0.5, 0.6) is 0 Å². The summed E-state index contributed by atoms with van der Waals surface area (Å²) in [5, 5.41) is 3.02. The van der Waals surface area contributed by atoms with Crippen molar-refractivity contribution in [1.82, 2.24) is 9.97 Å². The first-order chi connectivity index (χ1) is 11.0. The van der Waals surface area contributed by atoms with E-state index in [1.165, 1.54) is 6.07 Å². The minimum absolute atomic E-state index is 0.459. The fraction of sp³-hybridized carbons (Fsp3) is 0.412. The highest BCUT2D eigenvalue weighted by Crippen LogP contribution is 2.25. The van der Waals surface area contributed by atoms with E-state index in [0.717, 1.165) is 49.8 Å². The fourth-order valence-corrected chi connectivity index (χ4v) is 2.74. The maximum Gasteiger partial charge on any atom is 0.160 e. The van der Waals surface area contributed by atoms with Crippen molar-refractivity contribution in [3.8, 4) is 0 Å².